The zero-order chi connectivity index (χ0) is 14.6. The molecule has 0 spiro atoms. The summed E-state index contributed by atoms with van der Waals surface area (Å²) in [5.41, 5.74) is 0. The molecule has 1 saturated carbocycles. The lowest BCUT2D eigenvalue weighted by Gasteiger charge is -2.21. The van der Waals surface area contributed by atoms with Gasteiger partial charge in [-0.25, -0.2) is 8.42 Å². The highest BCUT2D eigenvalue weighted by molar-refractivity contribution is 7.90. The Bertz CT molecular complexity index is 587. The van der Waals surface area contributed by atoms with E-state index in [2.05, 4.69) is 6.07 Å². The summed E-state index contributed by atoms with van der Waals surface area (Å²) in [5.74, 6) is 0.552. The average Bonchev–Trinajstić information content (AvgIpc) is 2.63. The summed E-state index contributed by atoms with van der Waals surface area (Å²) < 4.78 is 28.7. The van der Waals surface area contributed by atoms with Crippen molar-refractivity contribution >= 4 is 9.84 Å². The molecule has 0 saturated heterocycles. The molecular weight excluding hydrogens is 274 g/mol. The summed E-state index contributed by atoms with van der Waals surface area (Å²) in [4.78, 5) is 0.280. The quantitative estimate of drug-likeness (QED) is 0.804. The van der Waals surface area contributed by atoms with Gasteiger partial charge >= 0.3 is 0 Å². The molecule has 5 heteroatoms. The molecule has 2 atom stereocenters. The molecule has 0 N–H and O–H groups in total. The van der Waals surface area contributed by atoms with Gasteiger partial charge in [0.15, 0.2) is 9.84 Å². The normalized spacial score (nSPS) is 23.6. The maximum absolute atomic E-state index is 11.4. The third kappa shape index (κ3) is 3.73. The maximum Gasteiger partial charge on any atom is 0.175 e. The average molecular weight is 293 g/mol. The molecule has 0 bridgehead atoms. The molecule has 20 heavy (non-hydrogen) atoms. The second kappa shape index (κ2) is 6.27. The van der Waals surface area contributed by atoms with Crippen molar-refractivity contribution in [2.24, 2.45) is 5.92 Å². The van der Waals surface area contributed by atoms with E-state index >= 15 is 0 Å². The van der Waals surface area contributed by atoms with Gasteiger partial charge in [-0.05, 0) is 43.5 Å². The molecule has 0 aliphatic heterocycles. The van der Waals surface area contributed by atoms with Crippen LogP contribution in [0.1, 0.15) is 32.1 Å². The lowest BCUT2D eigenvalue weighted by Crippen LogP contribution is -2.24. The first-order chi connectivity index (χ1) is 9.50. The van der Waals surface area contributed by atoms with Crippen molar-refractivity contribution in [1.82, 2.24) is 0 Å². The molecule has 1 aliphatic rings. The molecular formula is C15H19NO3S. The molecule has 0 radical (unpaired) electrons. The molecule has 2 rings (SSSR count). The highest BCUT2D eigenvalue weighted by atomic mass is 32.2. The van der Waals surface area contributed by atoms with Gasteiger partial charge in [-0.1, -0.05) is 12.8 Å². The van der Waals surface area contributed by atoms with Crippen LogP contribution >= 0.6 is 0 Å². The van der Waals surface area contributed by atoms with E-state index in [0.29, 0.717) is 5.75 Å². The van der Waals surface area contributed by atoms with E-state index in [1.54, 1.807) is 24.3 Å². The predicted molar refractivity (Wildman–Crippen MR) is 76.2 cm³/mol. The van der Waals surface area contributed by atoms with Crippen LogP contribution in [0.15, 0.2) is 29.2 Å². The largest absolute Gasteiger partial charge is 0.489 e. The van der Waals surface area contributed by atoms with Gasteiger partial charge in [-0.2, -0.15) is 5.26 Å². The minimum absolute atomic E-state index is 0.0768. The lowest BCUT2D eigenvalue weighted by molar-refractivity contribution is 0.152. The van der Waals surface area contributed by atoms with E-state index in [1.165, 1.54) is 6.26 Å². The molecule has 1 aliphatic carbocycles. The number of rotatable bonds is 3. The van der Waals surface area contributed by atoms with Crippen molar-refractivity contribution in [3.8, 4) is 11.8 Å². The first-order valence-corrected chi connectivity index (χ1v) is 8.76. The maximum atomic E-state index is 11.4. The van der Waals surface area contributed by atoms with E-state index in [9.17, 15) is 13.7 Å². The van der Waals surface area contributed by atoms with Gasteiger partial charge in [-0.3, -0.25) is 0 Å². The van der Waals surface area contributed by atoms with Crippen LogP contribution in [0.4, 0.5) is 0 Å². The summed E-state index contributed by atoms with van der Waals surface area (Å²) in [6.45, 7) is 0. The van der Waals surface area contributed by atoms with Crippen molar-refractivity contribution in [1.29, 1.82) is 5.26 Å². The van der Waals surface area contributed by atoms with Crippen LogP contribution in [0, 0.1) is 17.2 Å². The molecule has 108 valence electrons. The van der Waals surface area contributed by atoms with E-state index in [1.807, 2.05) is 0 Å². The molecule has 1 fully saturated rings. The number of sulfone groups is 1. The smallest absolute Gasteiger partial charge is 0.175 e. The van der Waals surface area contributed by atoms with Crippen LogP contribution in [0.25, 0.3) is 0 Å². The first kappa shape index (κ1) is 14.9. The summed E-state index contributed by atoms with van der Waals surface area (Å²) in [5, 5.41) is 9.21. The van der Waals surface area contributed by atoms with Gasteiger partial charge in [0.05, 0.1) is 16.9 Å². The highest BCUT2D eigenvalue weighted by Gasteiger charge is 2.25. The van der Waals surface area contributed by atoms with E-state index in [-0.39, 0.29) is 16.9 Å². The highest BCUT2D eigenvalue weighted by Crippen LogP contribution is 2.27. The van der Waals surface area contributed by atoms with Gasteiger partial charge < -0.3 is 4.74 Å². The topological polar surface area (TPSA) is 67.2 Å². The molecule has 1 aromatic rings. The Labute approximate surface area is 120 Å². The van der Waals surface area contributed by atoms with Crippen molar-refractivity contribution in [2.45, 2.75) is 43.1 Å². The van der Waals surface area contributed by atoms with Crippen LogP contribution in [0.2, 0.25) is 0 Å². The van der Waals surface area contributed by atoms with Crippen LogP contribution < -0.4 is 4.74 Å². The van der Waals surface area contributed by atoms with Gasteiger partial charge in [0.25, 0.3) is 0 Å². The van der Waals surface area contributed by atoms with Crippen molar-refractivity contribution in [3.05, 3.63) is 24.3 Å². The number of nitriles is 1. The van der Waals surface area contributed by atoms with Crippen LogP contribution in [0.3, 0.4) is 0 Å². The standard InChI is InChI=1S/C15H19NO3S/c1-20(17,18)14-9-7-13(8-10-14)19-15-6-4-2-3-5-12(15)11-16/h7-10,12,15H,2-6H2,1H3. The third-order valence-corrected chi connectivity index (χ3v) is 4.79. The van der Waals surface area contributed by atoms with Crippen LogP contribution in [0.5, 0.6) is 5.75 Å². The SMILES string of the molecule is CS(=O)(=O)c1ccc(OC2CCCCCC2C#N)cc1. The Morgan fingerprint density at radius 2 is 1.80 bits per heavy atom. The van der Waals surface area contributed by atoms with Gasteiger partial charge in [0.1, 0.15) is 11.9 Å². The van der Waals surface area contributed by atoms with Crippen LogP contribution in [-0.4, -0.2) is 20.8 Å². The summed E-state index contributed by atoms with van der Waals surface area (Å²) >= 11 is 0. The fourth-order valence-electron chi connectivity index (χ4n) is 2.50. The number of ether oxygens (including phenoxy) is 1. The third-order valence-electron chi connectivity index (χ3n) is 3.66. The van der Waals surface area contributed by atoms with Crippen molar-refractivity contribution < 1.29 is 13.2 Å². The number of nitrogens with zero attached hydrogens (tertiary/aromatic N) is 1. The minimum atomic E-state index is -3.18. The van der Waals surface area contributed by atoms with E-state index in [4.69, 9.17) is 4.74 Å². The Kier molecular flexibility index (Phi) is 4.66. The number of benzene rings is 1. The van der Waals surface area contributed by atoms with Crippen LogP contribution in [-0.2, 0) is 9.84 Å². The Hall–Kier alpha value is -1.54. The fraction of sp³-hybridized carbons (Fsp3) is 0.533. The predicted octanol–water partition coefficient (Wildman–Crippen LogP) is 2.94. The molecule has 2 unspecified atom stereocenters. The molecule has 0 aromatic heterocycles. The zero-order valence-corrected chi connectivity index (χ0v) is 12.4. The molecule has 1 aromatic carbocycles. The second-order valence-corrected chi connectivity index (χ2v) is 7.29. The lowest BCUT2D eigenvalue weighted by atomic mass is 9.99. The van der Waals surface area contributed by atoms with E-state index < -0.39 is 9.84 Å². The van der Waals surface area contributed by atoms with Gasteiger partial charge in [0.2, 0.25) is 0 Å². The monoisotopic (exact) mass is 293 g/mol. The first-order valence-electron chi connectivity index (χ1n) is 6.87. The summed E-state index contributed by atoms with van der Waals surface area (Å²) in [6, 6.07) is 8.74. The van der Waals surface area contributed by atoms with Crippen molar-refractivity contribution in [3.63, 3.8) is 0 Å². The van der Waals surface area contributed by atoms with Gasteiger partial charge in [-0.15, -0.1) is 0 Å². The number of hydrogen-bond acceptors (Lipinski definition) is 4. The second-order valence-electron chi connectivity index (χ2n) is 5.27. The zero-order valence-electron chi connectivity index (χ0n) is 11.6. The molecule has 0 amide bonds. The minimum Gasteiger partial charge on any atom is -0.489 e. The van der Waals surface area contributed by atoms with Gasteiger partial charge in [0, 0.05) is 6.26 Å². The Morgan fingerprint density at radius 3 is 2.40 bits per heavy atom. The van der Waals surface area contributed by atoms with Crippen molar-refractivity contribution in [2.75, 3.05) is 6.26 Å². The summed E-state index contributed by atoms with van der Waals surface area (Å²) in [7, 11) is -3.18. The Balaban J connectivity index is 2.10. The molecule has 0 heterocycles. The fourth-order valence-corrected chi connectivity index (χ4v) is 3.13. The summed E-state index contributed by atoms with van der Waals surface area (Å²) in [6.07, 6.45) is 6.14. The van der Waals surface area contributed by atoms with E-state index in [0.717, 1.165) is 32.1 Å². The Morgan fingerprint density at radius 1 is 1.15 bits per heavy atom. The molecule has 4 nitrogen and oxygen atoms in total. The number of hydrogen-bond donors (Lipinski definition) is 0.